The van der Waals surface area contributed by atoms with Crippen LogP contribution in [0.5, 0.6) is 0 Å². The first-order chi connectivity index (χ1) is 12.9. The average molecular weight is 392 g/mol. The number of esters is 1. The molecule has 2 aromatic heterocycles. The molecule has 0 saturated carbocycles. The van der Waals surface area contributed by atoms with Crippen molar-refractivity contribution in [2.24, 2.45) is 7.05 Å². The number of aromatic nitrogens is 3. The summed E-state index contributed by atoms with van der Waals surface area (Å²) in [6.07, 6.45) is 6.37. The molecule has 0 N–H and O–H groups in total. The van der Waals surface area contributed by atoms with Gasteiger partial charge in [-0.3, -0.25) is 18.8 Å². The molecule has 0 radical (unpaired) electrons. The maximum atomic E-state index is 12.8. The lowest BCUT2D eigenvalue weighted by Gasteiger charge is -2.18. The van der Waals surface area contributed by atoms with Crippen molar-refractivity contribution in [1.29, 1.82) is 0 Å². The van der Waals surface area contributed by atoms with Crippen molar-refractivity contribution in [1.82, 2.24) is 19.2 Å². The molecule has 2 heterocycles. The summed E-state index contributed by atoms with van der Waals surface area (Å²) >= 11 is 1.14. The maximum absolute atomic E-state index is 12.8. The van der Waals surface area contributed by atoms with Crippen molar-refractivity contribution in [3.63, 3.8) is 0 Å². The Kier molecular flexibility index (Phi) is 7.12. The zero-order valence-electron chi connectivity index (χ0n) is 16.0. The predicted octanol–water partition coefficient (Wildman–Crippen LogP) is -0.316. The average Bonchev–Trinajstić information content (AvgIpc) is 3.15. The monoisotopic (exact) mass is 392 g/mol. The molecular weight excluding hydrogens is 368 g/mol. The van der Waals surface area contributed by atoms with Crippen LogP contribution in [0.25, 0.3) is 12.2 Å². The molecule has 1 amide bonds. The van der Waals surface area contributed by atoms with Crippen LogP contribution < -0.4 is 14.8 Å². The van der Waals surface area contributed by atoms with E-state index in [-0.39, 0.29) is 24.6 Å². The van der Waals surface area contributed by atoms with Crippen LogP contribution in [0.1, 0.15) is 26.3 Å². The highest BCUT2D eigenvalue weighted by Crippen LogP contribution is 1.97. The van der Waals surface area contributed by atoms with E-state index in [0.717, 1.165) is 16.9 Å². The summed E-state index contributed by atoms with van der Waals surface area (Å²) in [5.74, 6) is -0.720. The first-order valence-electron chi connectivity index (χ1n) is 8.75. The number of ether oxygens (including phenoxy) is 1. The summed E-state index contributed by atoms with van der Waals surface area (Å²) in [5.41, 5.74) is 0.445. The van der Waals surface area contributed by atoms with E-state index in [4.69, 9.17) is 4.74 Å². The number of nitrogens with zero attached hydrogens (tertiary/aromatic N) is 4. The van der Waals surface area contributed by atoms with Gasteiger partial charge in [-0.1, -0.05) is 0 Å². The Balaban J connectivity index is 2.55. The number of carbonyl (C=O) groups excluding carboxylic acids is 2. The minimum atomic E-state index is -0.546. The van der Waals surface area contributed by atoms with Gasteiger partial charge in [0.05, 0.1) is 23.4 Å². The molecule has 0 bridgehead atoms. The SMILES string of the molecule is CCOC(=O)/C=c1\s/c(=C/c2cnn(C)c2)c(=O)n1CC(=O)N(CC)CC. The molecule has 0 atom stereocenters. The molecule has 0 aliphatic heterocycles. The van der Waals surface area contributed by atoms with Crippen LogP contribution in [0.2, 0.25) is 0 Å². The van der Waals surface area contributed by atoms with Crippen LogP contribution in [0.15, 0.2) is 17.2 Å². The lowest BCUT2D eigenvalue weighted by molar-refractivity contribution is -0.135. The molecule has 0 saturated heterocycles. The van der Waals surface area contributed by atoms with E-state index in [2.05, 4.69) is 5.10 Å². The predicted molar refractivity (Wildman–Crippen MR) is 104 cm³/mol. The second-order valence-corrected chi connectivity index (χ2v) is 6.81. The molecule has 9 heteroatoms. The first kappa shape index (κ1) is 20.6. The number of rotatable bonds is 7. The minimum absolute atomic E-state index is 0.122. The zero-order chi connectivity index (χ0) is 20.0. The number of carbonyl (C=O) groups is 2. The van der Waals surface area contributed by atoms with Crippen LogP contribution in [0.4, 0.5) is 0 Å². The van der Waals surface area contributed by atoms with Gasteiger partial charge in [-0.25, -0.2) is 4.79 Å². The van der Waals surface area contributed by atoms with E-state index in [1.165, 1.54) is 10.6 Å². The first-order valence-corrected chi connectivity index (χ1v) is 9.57. The number of amides is 1. The van der Waals surface area contributed by atoms with Gasteiger partial charge in [0, 0.05) is 31.9 Å². The fraction of sp³-hybridized carbons (Fsp3) is 0.444. The van der Waals surface area contributed by atoms with E-state index < -0.39 is 5.97 Å². The van der Waals surface area contributed by atoms with E-state index in [0.29, 0.717) is 22.3 Å². The highest BCUT2D eigenvalue weighted by atomic mass is 32.1. The normalized spacial score (nSPS) is 12.4. The third-order valence-corrected chi connectivity index (χ3v) is 4.96. The Morgan fingerprint density at radius 1 is 1.30 bits per heavy atom. The molecule has 27 heavy (non-hydrogen) atoms. The number of hydrogen-bond donors (Lipinski definition) is 0. The fourth-order valence-electron chi connectivity index (χ4n) is 2.56. The van der Waals surface area contributed by atoms with Gasteiger partial charge in [-0.05, 0) is 26.8 Å². The number of thiazole rings is 1. The van der Waals surface area contributed by atoms with E-state index in [1.807, 2.05) is 13.8 Å². The molecule has 8 nitrogen and oxygen atoms in total. The third-order valence-electron chi connectivity index (χ3n) is 3.90. The topological polar surface area (TPSA) is 86.4 Å². The summed E-state index contributed by atoms with van der Waals surface area (Å²) in [5, 5.41) is 4.08. The van der Waals surface area contributed by atoms with Crippen molar-refractivity contribution in [2.75, 3.05) is 19.7 Å². The maximum Gasteiger partial charge on any atom is 0.333 e. The molecule has 0 aliphatic rings. The van der Waals surface area contributed by atoms with Crippen molar-refractivity contribution in [3.05, 3.63) is 37.5 Å². The summed E-state index contributed by atoms with van der Waals surface area (Å²) in [4.78, 5) is 38.8. The molecule has 0 unspecified atom stereocenters. The van der Waals surface area contributed by atoms with Crippen molar-refractivity contribution < 1.29 is 14.3 Å². The number of hydrogen-bond acceptors (Lipinski definition) is 6. The Labute approximate surface area is 161 Å². The third kappa shape index (κ3) is 5.16. The van der Waals surface area contributed by atoms with E-state index >= 15 is 0 Å². The van der Waals surface area contributed by atoms with Gasteiger partial charge in [0.25, 0.3) is 5.56 Å². The van der Waals surface area contributed by atoms with Crippen molar-refractivity contribution in [2.45, 2.75) is 27.3 Å². The number of aryl methyl sites for hydroxylation is 1. The summed E-state index contributed by atoms with van der Waals surface area (Å²) in [7, 11) is 1.78. The Morgan fingerprint density at radius 3 is 2.56 bits per heavy atom. The lowest BCUT2D eigenvalue weighted by Crippen LogP contribution is -2.40. The molecule has 0 aromatic carbocycles. The largest absolute Gasteiger partial charge is 0.463 e. The van der Waals surface area contributed by atoms with E-state index in [9.17, 15) is 14.4 Å². The zero-order valence-corrected chi connectivity index (χ0v) is 16.8. The Hall–Kier alpha value is -2.68. The smallest absolute Gasteiger partial charge is 0.333 e. The summed E-state index contributed by atoms with van der Waals surface area (Å²) < 4.78 is 8.71. The van der Waals surface area contributed by atoms with E-state index in [1.54, 1.807) is 42.0 Å². The van der Waals surface area contributed by atoms with Crippen LogP contribution in [0.3, 0.4) is 0 Å². The van der Waals surface area contributed by atoms with Gasteiger partial charge < -0.3 is 9.64 Å². The summed E-state index contributed by atoms with van der Waals surface area (Å²) in [6, 6.07) is 0. The van der Waals surface area contributed by atoms with Crippen LogP contribution in [0, 0.1) is 0 Å². The van der Waals surface area contributed by atoms with Crippen LogP contribution in [-0.2, 0) is 27.9 Å². The molecular formula is C18H24N4O4S. The molecule has 0 spiro atoms. The second kappa shape index (κ2) is 9.31. The van der Waals surface area contributed by atoms with Gasteiger partial charge >= 0.3 is 5.97 Å². The van der Waals surface area contributed by atoms with Gasteiger partial charge in [0.2, 0.25) is 5.91 Å². The Bertz CT molecular complexity index is 982. The van der Waals surface area contributed by atoms with Crippen LogP contribution in [-0.4, -0.2) is 50.8 Å². The highest BCUT2D eigenvalue weighted by Gasteiger charge is 2.14. The minimum Gasteiger partial charge on any atom is -0.463 e. The molecule has 0 fully saturated rings. The van der Waals surface area contributed by atoms with Crippen molar-refractivity contribution >= 4 is 35.4 Å². The van der Waals surface area contributed by atoms with Gasteiger partial charge in [-0.2, -0.15) is 5.10 Å². The van der Waals surface area contributed by atoms with Gasteiger partial charge in [0.15, 0.2) is 0 Å². The lowest BCUT2D eigenvalue weighted by atomic mass is 10.3. The molecule has 146 valence electrons. The highest BCUT2D eigenvalue weighted by molar-refractivity contribution is 7.07. The van der Waals surface area contributed by atoms with Crippen LogP contribution >= 0.6 is 11.3 Å². The molecule has 0 aliphatic carbocycles. The standard InChI is InChI=1S/C18H24N4O4S/c1-5-21(6-2)15(23)12-22-16(9-17(24)26-7-3)27-14(18(22)25)8-13-10-19-20(4)11-13/h8-11H,5-7,12H2,1-4H3/b14-8+,16-9-. The van der Waals surface area contributed by atoms with Gasteiger partial charge in [0.1, 0.15) is 11.2 Å². The molecule has 2 rings (SSSR count). The second-order valence-electron chi connectivity index (χ2n) is 5.75. The summed E-state index contributed by atoms with van der Waals surface area (Å²) in [6.45, 7) is 6.69. The Morgan fingerprint density at radius 2 is 2.00 bits per heavy atom. The number of likely N-dealkylation sites (N-methyl/N-ethyl adjacent to an activating group) is 1. The quantitative estimate of drug-likeness (QED) is 0.603. The molecule has 2 aromatic rings. The van der Waals surface area contributed by atoms with Gasteiger partial charge in [-0.15, -0.1) is 11.3 Å². The van der Waals surface area contributed by atoms with Crippen molar-refractivity contribution in [3.8, 4) is 0 Å². The fourth-order valence-corrected chi connectivity index (χ4v) is 3.59.